The van der Waals surface area contributed by atoms with Crippen LogP contribution in [-0.4, -0.2) is 23.7 Å². The Hall–Kier alpha value is -2.12. The van der Waals surface area contributed by atoms with Crippen molar-refractivity contribution in [3.63, 3.8) is 0 Å². The quantitative estimate of drug-likeness (QED) is 0.743. The fourth-order valence-corrected chi connectivity index (χ4v) is 2.61. The van der Waals surface area contributed by atoms with Crippen LogP contribution in [0.4, 0.5) is 14.5 Å². The fourth-order valence-electron chi connectivity index (χ4n) is 2.42. The number of aromatic nitrogens is 1. The molecule has 0 spiro atoms. The summed E-state index contributed by atoms with van der Waals surface area (Å²) >= 11 is 5.88. The second kappa shape index (κ2) is 5.94. The molecule has 1 atom stereocenters. The minimum Gasteiger partial charge on any atom is -0.366 e. The molecule has 0 bridgehead atoms. The maximum Gasteiger partial charge on any atom is 0.190 e. The van der Waals surface area contributed by atoms with Crippen molar-refractivity contribution in [2.75, 3.05) is 18.0 Å². The molecule has 2 aromatic rings. The molecule has 5 heteroatoms. The van der Waals surface area contributed by atoms with Crippen molar-refractivity contribution in [3.8, 4) is 11.8 Å². The van der Waals surface area contributed by atoms with Gasteiger partial charge in [0.2, 0.25) is 0 Å². The van der Waals surface area contributed by atoms with E-state index >= 15 is 0 Å². The summed E-state index contributed by atoms with van der Waals surface area (Å²) in [4.78, 5) is 5.54. The van der Waals surface area contributed by atoms with Crippen molar-refractivity contribution in [1.29, 1.82) is 0 Å². The Bertz CT molecular complexity index is 754. The number of anilines is 1. The summed E-state index contributed by atoms with van der Waals surface area (Å²) < 4.78 is 28.0. The molecule has 0 N–H and O–H groups in total. The number of hydrogen-bond donors (Lipinski definition) is 0. The molecule has 112 valence electrons. The topological polar surface area (TPSA) is 16.1 Å². The predicted molar refractivity (Wildman–Crippen MR) is 83.2 cm³/mol. The third-order valence-electron chi connectivity index (χ3n) is 3.53. The molecule has 1 unspecified atom stereocenters. The first kappa shape index (κ1) is 14.8. The summed E-state index contributed by atoms with van der Waals surface area (Å²) in [7, 11) is 0. The van der Waals surface area contributed by atoms with E-state index in [-0.39, 0.29) is 13.0 Å². The summed E-state index contributed by atoms with van der Waals surface area (Å²) in [5.41, 5.74) is -0.367. The molecular formula is C17H13ClF2N2. The monoisotopic (exact) mass is 318 g/mol. The third-order valence-corrected chi connectivity index (χ3v) is 3.77. The van der Waals surface area contributed by atoms with E-state index in [1.165, 1.54) is 12.3 Å². The minimum atomic E-state index is -1.62. The lowest BCUT2D eigenvalue weighted by Gasteiger charge is -2.18. The van der Waals surface area contributed by atoms with E-state index < -0.39 is 11.5 Å². The first-order valence-electron chi connectivity index (χ1n) is 6.87. The molecule has 2 nitrogen and oxygen atoms in total. The molecule has 22 heavy (non-hydrogen) atoms. The molecule has 1 aliphatic heterocycles. The molecule has 0 amide bonds. The Morgan fingerprint density at radius 3 is 2.91 bits per heavy atom. The van der Waals surface area contributed by atoms with Gasteiger partial charge in [-0.15, -0.1) is 0 Å². The first-order chi connectivity index (χ1) is 10.5. The van der Waals surface area contributed by atoms with Gasteiger partial charge in [0.15, 0.2) is 5.67 Å². The molecule has 3 rings (SSSR count). The Morgan fingerprint density at radius 1 is 1.27 bits per heavy atom. The van der Waals surface area contributed by atoms with Crippen molar-refractivity contribution >= 4 is 17.3 Å². The van der Waals surface area contributed by atoms with Crippen molar-refractivity contribution in [2.45, 2.75) is 12.1 Å². The maximum atomic E-state index is 14.8. The molecular weight excluding hydrogens is 306 g/mol. The summed E-state index contributed by atoms with van der Waals surface area (Å²) in [6.07, 6.45) is 2.93. The van der Waals surface area contributed by atoms with Crippen LogP contribution in [0.1, 0.15) is 12.0 Å². The highest BCUT2D eigenvalue weighted by atomic mass is 35.5. The van der Waals surface area contributed by atoms with E-state index in [1.54, 1.807) is 29.2 Å². The van der Waals surface area contributed by atoms with Crippen molar-refractivity contribution in [1.82, 2.24) is 4.98 Å². The van der Waals surface area contributed by atoms with E-state index in [0.717, 1.165) is 6.20 Å². The zero-order valence-electron chi connectivity index (χ0n) is 11.7. The van der Waals surface area contributed by atoms with E-state index in [0.29, 0.717) is 22.8 Å². The van der Waals surface area contributed by atoms with Crippen LogP contribution in [0.5, 0.6) is 0 Å². The van der Waals surface area contributed by atoms with Gasteiger partial charge in [0, 0.05) is 29.6 Å². The SMILES string of the molecule is Fc1cncc(N2CCC(F)(C#Cc3cccc(Cl)c3)C2)c1. The number of hydrogen-bond acceptors (Lipinski definition) is 2. The van der Waals surface area contributed by atoms with Crippen LogP contribution < -0.4 is 4.90 Å². The lowest BCUT2D eigenvalue weighted by molar-refractivity contribution is 0.274. The average Bonchev–Trinajstić information content (AvgIpc) is 2.89. The van der Waals surface area contributed by atoms with Crippen LogP contribution in [0, 0.1) is 17.7 Å². The van der Waals surface area contributed by atoms with E-state index in [1.807, 2.05) is 0 Å². The molecule has 1 aliphatic rings. The van der Waals surface area contributed by atoms with Gasteiger partial charge in [0.1, 0.15) is 5.82 Å². The molecule has 1 saturated heterocycles. The Morgan fingerprint density at radius 2 is 2.14 bits per heavy atom. The molecule has 0 saturated carbocycles. The van der Waals surface area contributed by atoms with Crippen LogP contribution >= 0.6 is 11.6 Å². The number of halogens is 3. The van der Waals surface area contributed by atoms with Gasteiger partial charge in [0.25, 0.3) is 0 Å². The Balaban J connectivity index is 1.76. The number of alkyl halides is 1. The van der Waals surface area contributed by atoms with Gasteiger partial charge in [-0.2, -0.15) is 0 Å². The highest BCUT2D eigenvalue weighted by Gasteiger charge is 2.37. The lowest BCUT2D eigenvalue weighted by Crippen LogP contribution is -2.27. The first-order valence-corrected chi connectivity index (χ1v) is 7.25. The smallest absolute Gasteiger partial charge is 0.190 e. The van der Waals surface area contributed by atoms with Gasteiger partial charge < -0.3 is 4.90 Å². The minimum absolute atomic E-state index is 0.103. The second-order valence-corrected chi connectivity index (χ2v) is 5.70. The summed E-state index contributed by atoms with van der Waals surface area (Å²) in [6.45, 7) is 0.581. The van der Waals surface area contributed by atoms with Crippen molar-refractivity contribution in [2.24, 2.45) is 0 Å². The average molecular weight is 319 g/mol. The second-order valence-electron chi connectivity index (χ2n) is 5.26. The van der Waals surface area contributed by atoms with Gasteiger partial charge in [-0.1, -0.05) is 29.5 Å². The third kappa shape index (κ3) is 3.37. The van der Waals surface area contributed by atoms with Gasteiger partial charge in [-0.3, -0.25) is 4.98 Å². The van der Waals surface area contributed by atoms with E-state index in [4.69, 9.17) is 11.6 Å². The van der Waals surface area contributed by atoms with Gasteiger partial charge >= 0.3 is 0 Å². The lowest BCUT2D eigenvalue weighted by atomic mass is 10.1. The molecule has 1 aromatic heterocycles. The number of pyridine rings is 1. The molecule has 2 heterocycles. The number of rotatable bonds is 1. The molecule has 1 fully saturated rings. The summed E-state index contributed by atoms with van der Waals surface area (Å²) in [5.74, 6) is 5.08. The standard InChI is InChI=1S/C17H13ClF2N2/c18-14-3-1-2-13(8-14)4-5-17(20)6-7-22(12-17)16-9-15(19)10-21-11-16/h1-3,8-11H,6-7,12H2. The summed E-state index contributed by atoms with van der Waals surface area (Å²) in [6, 6.07) is 8.35. The zero-order chi connectivity index (χ0) is 15.6. The highest BCUT2D eigenvalue weighted by Crippen LogP contribution is 2.29. The van der Waals surface area contributed by atoms with Crippen LogP contribution in [0.25, 0.3) is 0 Å². The molecule has 0 aliphatic carbocycles. The molecule has 1 aromatic carbocycles. The van der Waals surface area contributed by atoms with Gasteiger partial charge in [0.05, 0.1) is 24.6 Å². The normalized spacial score (nSPS) is 20.6. The van der Waals surface area contributed by atoms with E-state index in [9.17, 15) is 8.78 Å². The van der Waals surface area contributed by atoms with Crippen LogP contribution in [0.2, 0.25) is 5.02 Å². The largest absolute Gasteiger partial charge is 0.366 e. The predicted octanol–water partition coefficient (Wildman–Crippen LogP) is 3.84. The van der Waals surface area contributed by atoms with Gasteiger partial charge in [-0.05, 0) is 18.2 Å². The van der Waals surface area contributed by atoms with Crippen LogP contribution in [0.15, 0.2) is 42.7 Å². The van der Waals surface area contributed by atoms with E-state index in [2.05, 4.69) is 16.8 Å². The fraction of sp³-hybridized carbons (Fsp3) is 0.235. The van der Waals surface area contributed by atoms with Crippen LogP contribution in [0.3, 0.4) is 0 Å². The summed E-state index contributed by atoms with van der Waals surface area (Å²) in [5, 5.41) is 0.568. The van der Waals surface area contributed by atoms with Crippen molar-refractivity contribution in [3.05, 3.63) is 59.1 Å². The zero-order valence-corrected chi connectivity index (χ0v) is 12.4. The number of nitrogens with zero attached hydrogens (tertiary/aromatic N) is 2. The molecule has 0 radical (unpaired) electrons. The van der Waals surface area contributed by atoms with Crippen molar-refractivity contribution < 1.29 is 8.78 Å². The Kier molecular flexibility index (Phi) is 4.00. The van der Waals surface area contributed by atoms with Gasteiger partial charge in [-0.25, -0.2) is 8.78 Å². The maximum absolute atomic E-state index is 14.8. The Labute approximate surface area is 132 Å². The number of benzene rings is 1. The highest BCUT2D eigenvalue weighted by molar-refractivity contribution is 6.30. The van der Waals surface area contributed by atoms with Crippen LogP contribution in [-0.2, 0) is 0 Å².